The van der Waals surface area contributed by atoms with E-state index >= 15 is 0 Å². The second-order valence-corrected chi connectivity index (χ2v) is 4.58. The summed E-state index contributed by atoms with van der Waals surface area (Å²) < 4.78 is 0. The van der Waals surface area contributed by atoms with Gasteiger partial charge in [0.05, 0.1) is 12.4 Å². The van der Waals surface area contributed by atoms with Crippen LogP contribution in [0.25, 0.3) is 0 Å². The summed E-state index contributed by atoms with van der Waals surface area (Å²) in [6.07, 6.45) is 8.39. The van der Waals surface area contributed by atoms with Crippen LogP contribution in [0.2, 0.25) is 0 Å². The highest BCUT2D eigenvalue weighted by atomic mass is 15.4. The van der Waals surface area contributed by atoms with Crippen LogP contribution in [-0.4, -0.2) is 40.4 Å². The molecule has 0 amide bonds. The van der Waals surface area contributed by atoms with E-state index in [1.165, 1.54) is 25.7 Å². The maximum Gasteiger partial charge on any atom is 0.245 e. The van der Waals surface area contributed by atoms with Crippen molar-refractivity contribution in [2.75, 3.05) is 18.0 Å². The smallest absolute Gasteiger partial charge is 0.245 e. The number of nitrogens with one attached hydrogen (secondary N) is 1. The minimum Gasteiger partial charge on any atom is -0.332 e. The van der Waals surface area contributed by atoms with Gasteiger partial charge in [-0.2, -0.15) is 5.10 Å². The monoisotopic (exact) mass is 219 g/mol. The third-order valence-electron chi connectivity index (χ3n) is 3.31. The predicted octanol–water partition coefficient (Wildman–Crippen LogP) is 0.592. The number of nitrogens with zero attached hydrogens (tertiary/aromatic N) is 4. The second kappa shape index (κ2) is 4.33. The zero-order valence-electron chi connectivity index (χ0n) is 9.34. The van der Waals surface area contributed by atoms with Crippen molar-refractivity contribution in [3.05, 3.63) is 12.4 Å². The van der Waals surface area contributed by atoms with Crippen LogP contribution in [0.4, 0.5) is 5.95 Å². The zero-order chi connectivity index (χ0) is 10.8. The minimum atomic E-state index is 0.547. The Labute approximate surface area is 95.3 Å². The van der Waals surface area contributed by atoms with Gasteiger partial charge in [0, 0.05) is 18.6 Å². The van der Waals surface area contributed by atoms with E-state index in [1.807, 2.05) is 0 Å². The second-order valence-electron chi connectivity index (χ2n) is 4.58. The molecule has 1 unspecified atom stereocenters. The molecule has 0 spiro atoms. The lowest BCUT2D eigenvalue weighted by Crippen LogP contribution is -2.48. The summed E-state index contributed by atoms with van der Waals surface area (Å²) in [5, 5.41) is 11.5. The average Bonchev–Trinajstić information content (AvgIpc) is 3.17. The van der Waals surface area contributed by atoms with Gasteiger partial charge in [-0.1, -0.05) is 0 Å². The van der Waals surface area contributed by atoms with Crippen LogP contribution in [0.15, 0.2) is 12.4 Å². The molecule has 5 heteroatoms. The number of hydrogen-bond donors (Lipinski definition) is 1. The Balaban J connectivity index is 1.80. The Morgan fingerprint density at radius 2 is 2.12 bits per heavy atom. The molecular formula is C11H17N5. The molecule has 86 valence electrons. The summed E-state index contributed by atoms with van der Waals surface area (Å²) in [5.74, 6) is 0.804. The van der Waals surface area contributed by atoms with Gasteiger partial charge in [0.2, 0.25) is 5.95 Å². The lowest BCUT2D eigenvalue weighted by Gasteiger charge is -2.34. The molecule has 1 saturated carbocycles. The van der Waals surface area contributed by atoms with E-state index in [4.69, 9.17) is 0 Å². The molecule has 1 N–H and O–H groups in total. The van der Waals surface area contributed by atoms with Crippen molar-refractivity contribution in [2.45, 2.75) is 37.8 Å². The van der Waals surface area contributed by atoms with E-state index in [9.17, 15) is 0 Å². The van der Waals surface area contributed by atoms with Crippen molar-refractivity contribution >= 4 is 5.95 Å². The van der Waals surface area contributed by atoms with Gasteiger partial charge in [0.15, 0.2) is 0 Å². The van der Waals surface area contributed by atoms with Crippen molar-refractivity contribution in [1.82, 2.24) is 20.5 Å². The van der Waals surface area contributed by atoms with Gasteiger partial charge in [0.25, 0.3) is 0 Å². The molecule has 1 atom stereocenters. The number of rotatable bonds is 3. The SMILES string of the molecule is c1cnc(N(C2CC2)C2CCCNC2)nn1. The summed E-state index contributed by atoms with van der Waals surface area (Å²) in [6.45, 7) is 2.19. The van der Waals surface area contributed by atoms with Crippen LogP contribution in [0.3, 0.4) is 0 Å². The van der Waals surface area contributed by atoms with E-state index in [0.717, 1.165) is 19.0 Å². The third-order valence-corrected chi connectivity index (χ3v) is 3.31. The first-order chi connectivity index (χ1) is 7.95. The molecule has 2 fully saturated rings. The van der Waals surface area contributed by atoms with Crippen LogP contribution >= 0.6 is 0 Å². The molecule has 1 saturated heterocycles. The summed E-state index contributed by atoms with van der Waals surface area (Å²) >= 11 is 0. The van der Waals surface area contributed by atoms with E-state index < -0.39 is 0 Å². The van der Waals surface area contributed by atoms with Crippen LogP contribution in [0.5, 0.6) is 0 Å². The minimum absolute atomic E-state index is 0.547. The van der Waals surface area contributed by atoms with Crippen molar-refractivity contribution in [3.8, 4) is 0 Å². The highest BCUT2D eigenvalue weighted by Crippen LogP contribution is 2.32. The van der Waals surface area contributed by atoms with E-state index in [1.54, 1.807) is 12.4 Å². The number of anilines is 1. The van der Waals surface area contributed by atoms with Gasteiger partial charge in [-0.05, 0) is 32.2 Å². The van der Waals surface area contributed by atoms with E-state index in [2.05, 4.69) is 25.4 Å². The molecule has 0 radical (unpaired) electrons. The lowest BCUT2D eigenvalue weighted by molar-refractivity contribution is 0.424. The average molecular weight is 219 g/mol. The highest BCUT2D eigenvalue weighted by Gasteiger charge is 2.36. The van der Waals surface area contributed by atoms with Gasteiger partial charge in [-0.15, -0.1) is 5.10 Å². The summed E-state index contributed by atoms with van der Waals surface area (Å²) in [7, 11) is 0. The summed E-state index contributed by atoms with van der Waals surface area (Å²) in [5.41, 5.74) is 0. The lowest BCUT2D eigenvalue weighted by atomic mass is 10.1. The molecule has 1 aromatic rings. The molecule has 2 heterocycles. The molecule has 1 aliphatic heterocycles. The van der Waals surface area contributed by atoms with E-state index in [-0.39, 0.29) is 0 Å². The van der Waals surface area contributed by atoms with Gasteiger partial charge in [-0.25, -0.2) is 4.98 Å². The van der Waals surface area contributed by atoms with Gasteiger partial charge in [-0.3, -0.25) is 0 Å². The molecule has 1 aromatic heterocycles. The molecule has 0 aromatic carbocycles. The maximum absolute atomic E-state index is 4.34. The zero-order valence-corrected chi connectivity index (χ0v) is 9.34. The molecule has 2 aliphatic rings. The van der Waals surface area contributed by atoms with Crippen molar-refractivity contribution in [2.24, 2.45) is 0 Å². The van der Waals surface area contributed by atoms with Gasteiger partial charge < -0.3 is 10.2 Å². The Morgan fingerprint density at radius 1 is 1.19 bits per heavy atom. The van der Waals surface area contributed by atoms with E-state index in [0.29, 0.717) is 12.1 Å². The Morgan fingerprint density at radius 3 is 2.75 bits per heavy atom. The number of hydrogen-bond acceptors (Lipinski definition) is 5. The largest absolute Gasteiger partial charge is 0.332 e. The third kappa shape index (κ3) is 2.00. The Kier molecular flexibility index (Phi) is 2.70. The fraction of sp³-hybridized carbons (Fsp3) is 0.727. The molecular weight excluding hydrogens is 202 g/mol. The highest BCUT2D eigenvalue weighted by molar-refractivity contribution is 5.34. The summed E-state index contributed by atoms with van der Waals surface area (Å²) in [6, 6.07) is 1.19. The molecule has 5 nitrogen and oxygen atoms in total. The first kappa shape index (κ1) is 9.96. The first-order valence-electron chi connectivity index (χ1n) is 6.08. The van der Waals surface area contributed by atoms with Crippen molar-refractivity contribution < 1.29 is 0 Å². The van der Waals surface area contributed by atoms with Crippen LogP contribution in [-0.2, 0) is 0 Å². The van der Waals surface area contributed by atoms with Gasteiger partial charge in [0.1, 0.15) is 0 Å². The molecule has 0 bridgehead atoms. The molecule has 1 aliphatic carbocycles. The van der Waals surface area contributed by atoms with Gasteiger partial charge >= 0.3 is 0 Å². The topological polar surface area (TPSA) is 53.9 Å². The van der Waals surface area contributed by atoms with Crippen LogP contribution in [0.1, 0.15) is 25.7 Å². The Hall–Kier alpha value is -1.23. The molecule has 3 rings (SSSR count). The normalized spacial score (nSPS) is 25.4. The van der Waals surface area contributed by atoms with Crippen LogP contribution < -0.4 is 10.2 Å². The fourth-order valence-electron chi connectivity index (χ4n) is 2.41. The van der Waals surface area contributed by atoms with Crippen molar-refractivity contribution in [3.63, 3.8) is 0 Å². The maximum atomic E-state index is 4.34. The van der Waals surface area contributed by atoms with Crippen LogP contribution in [0, 0.1) is 0 Å². The first-order valence-corrected chi connectivity index (χ1v) is 6.08. The van der Waals surface area contributed by atoms with Crippen molar-refractivity contribution in [1.29, 1.82) is 0 Å². The number of aromatic nitrogens is 3. The quantitative estimate of drug-likeness (QED) is 0.806. The molecule has 16 heavy (non-hydrogen) atoms. The number of piperidine rings is 1. The summed E-state index contributed by atoms with van der Waals surface area (Å²) in [4.78, 5) is 6.71. The standard InChI is InChI=1S/C11H17N5/c1-2-10(8-12-5-1)16(9-3-4-9)11-13-6-7-14-15-11/h6-7,9-10,12H,1-5,8H2. The fourth-order valence-corrected chi connectivity index (χ4v) is 2.41. The predicted molar refractivity (Wildman–Crippen MR) is 61.2 cm³/mol. The Bertz CT molecular complexity index is 331.